The highest BCUT2D eigenvalue weighted by Crippen LogP contribution is 2.37. The zero-order chi connectivity index (χ0) is 14.2. The maximum atomic E-state index is 13.6. The van der Waals surface area contributed by atoms with Gasteiger partial charge >= 0.3 is 0 Å². The lowest BCUT2D eigenvalue weighted by molar-refractivity contribution is -0.195. The van der Waals surface area contributed by atoms with E-state index in [-0.39, 0.29) is 18.0 Å². The van der Waals surface area contributed by atoms with Gasteiger partial charge in [-0.05, 0) is 25.0 Å². The predicted octanol–water partition coefficient (Wildman–Crippen LogP) is 2.14. The minimum Gasteiger partial charge on any atom is -0.488 e. The molecule has 2 fully saturated rings. The molecule has 1 saturated heterocycles. The van der Waals surface area contributed by atoms with Gasteiger partial charge in [0, 0.05) is 24.9 Å². The van der Waals surface area contributed by atoms with E-state index in [4.69, 9.17) is 19.9 Å². The first-order chi connectivity index (χ1) is 9.58. The molecule has 0 radical (unpaired) electrons. The lowest BCUT2D eigenvalue weighted by atomic mass is 9.88. The van der Waals surface area contributed by atoms with E-state index in [0.29, 0.717) is 30.9 Å². The Hall–Kier alpha value is -1.17. The van der Waals surface area contributed by atoms with E-state index in [2.05, 4.69) is 0 Å². The number of halogens is 1. The SMILES string of the molecule is Cc1ccc(OC2CC3(CCC2N)OCCO3)cc1F. The summed E-state index contributed by atoms with van der Waals surface area (Å²) in [7, 11) is 0. The van der Waals surface area contributed by atoms with Gasteiger partial charge in [-0.3, -0.25) is 0 Å². The van der Waals surface area contributed by atoms with Gasteiger partial charge < -0.3 is 19.9 Å². The molecule has 1 spiro atoms. The summed E-state index contributed by atoms with van der Waals surface area (Å²) in [6.45, 7) is 2.95. The van der Waals surface area contributed by atoms with Crippen LogP contribution in [-0.4, -0.2) is 31.1 Å². The van der Waals surface area contributed by atoms with Gasteiger partial charge in [0.1, 0.15) is 17.7 Å². The number of nitrogens with two attached hydrogens (primary N) is 1. The van der Waals surface area contributed by atoms with Crippen molar-refractivity contribution in [3.05, 3.63) is 29.6 Å². The molecule has 0 amide bonds. The van der Waals surface area contributed by atoms with Crippen molar-refractivity contribution < 1.29 is 18.6 Å². The third kappa shape index (κ3) is 2.66. The minimum atomic E-state index is -0.552. The summed E-state index contributed by atoms with van der Waals surface area (Å²) >= 11 is 0. The van der Waals surface area contributed by atoms with Crippen molar-refractivity contribution in [3.63, 3.8) is 0 Å². The van der Waals surface area contributed by atoms with Crippen LogP contribution in [0.1, 0.15) is 24.8 Å². The van der Waals surface area contributed by atoms with Gasteiger partial charge in [-0.25, -0.2) is 4.39 Å². The fourth-order valence-corrected chi connectivity index (χ4v) is 2.84. The van der Waals surface area contributed by atoms with E-state index in [0.717, 1.165) is 12.8 Å². The van der Waals surface area contributed by atoms with Gasteiger partial charge in [-0.2, -0.15) is 0 Å². The Morgan fingerprint density at radius 2 is 2.10 bits per heavy atom. The topological polar surface area (TPSA) is 53.7 Å². The maximum absolute atomic E-state index is 13.6. The van der Waals surface area contributed by atoms with E-state index in [1.165, 1.54) is 6.07 Å². The molecular weight excluding hydrogens is 261 g/mol. The zero-order valence-corrected chi connectivity index (χ0v) is 11.6. The standard InChI is InChI=1S/C15H20FNO3/c1-10-2-3-11(8-12(10)16)20-14-9-15(5-4-13(14)17)18-6-7-19-15/h2-3,8,13-14H,4-7,9,17H2,1H3. The first kappa shape index (κ1) is 13.8. The largest absolute Gasteiger partial charge is 0.488 e. The highest BCUT2D eigenvalue weighted by Gasteiger charge is 2.45. The molecule has 2 unspecified atom stereocenters. The summed E-state index contributed by atoms with van der Waals surface area (Å²) in [6.07, 6.45) is 1.93. The number of benzene rings is 1. The Balaban J connectivity index is 1.72. The number of hydrogen-bond donors (Lipinski definition) is 1. The van der Waals surface area contributed by atoms with Gasteiger partial charge in [0.05, 0.1) is 13.2 Å². The van der Waals surface area contributed by atoms with Crippen molar-refractivity contribution in [3.8, 4) is 5.75 Å². The van der Waals surface area contributed by atoms with Gasteiger partial charge in [0.15, 0.2) is 5.79 Å². The molecule has 1 saturated carbocycles. The fourth-order valence-electron chi connectivity index (χ4n) is 2.84. The summed E-state index contributed by atoms with van der Waals surface area (Å²) in [6, 6.07) is 4.79. The summed E-state index contributed by atoms with van der Waals surface area (Å²) in [4.78, 5) is 0. The molecule has 4 nitrogen and oxygen atoms in total. The van der Waals surface area contributed by atoms with Crippen molar-refractivity contribution in [1.29, 1.82) is 0 Å². The Labute approximate surface area is 118 Å². The molecule has 0 aromatic heterocycles. The smallest absolute Gasteiger partial charge is 0.172 e. The average Bonchev–Trinajstić information content (AvgIpc) is 2.87. The molecule has 2 aliphatic rings. The number of aryl methyl sites for hydroxylation is 1. The molecule has 110 valence electrons. The molecule has 5 heteroatoms. The summed E-state index contributed by atoms with van der Waals surface area (Å²) in [5.74, 6) is -0.317. The average molecular weight is 281 g/mol. The number of hydrogen-bond acceptors (Lipinski definition) is 4. The molecule has 1 aromatic carbocycles. The number of ether oxygens (including phenoxy) is 3. The van der Waals surface area contributed by atoms with Crippen molar-refractivity contribution in [2.24, 2.45) is 5.73 Å². The summed E-state index contributed by atoms with van der Waals surface area (Å²) < 4.78 is 30.8. The van der Waals surface area contributed by atoms with E-state index in [1.807, 2.05) is 0 Å². The molecule has 1 aliphatic carbocycles. The maximum Gasteiger partial charge on any atom is 0.172 e. The Morgan fingerprint density at radius 3 is 2.80 bits per heavy atom. The molecule has 3 rings (SSSR count). The van der Waals surface area contributed by atoms with Crippen LogP contribution < -0.4 is 10.5 Å². The fraction of sp³-hybridized carbons (Fsp3) is 0.600. The van der Waals surface area contributed by atoms with Crippen LogP contribution in [0.5, 0.6) is 5.75 Å². The molecule has 1 heterocycles. The molecular formula is C15H20FNO3. The predicted molar refractivity (Wildman–Crippen MR) is 72.0 cm³/mol. The van der Waals surface area contributed by atoms with Crippen LogP contribution in [0.4, 0.5) is 4.39 Å². The monoisotopic (exact) mass is 281 g/mol. The third-order valence-electron chi connectivity index (χ3n) is 4.09. The van der Waals surface area contributed by atoms with Crippen molar-refractivity contribution in [1.82, 2.24) is 0 Å². The van der Waals surface area contributed by atoms with Crippen LogP contribution in [0.2, 0.25) is 0 Å². The molecule has 1 aromatic rings. The van der Waals surface area contributed by atoms with Crippen LogP contribution in [0.3, 0.4) is 0 Å². The Morgan fingerprint density at radius 1 is 1.35 bits per heavy atom. The third-order valence-corrected chi connectivity index (χ3v) is 4.09. The zero-order valence-electron chi connectivity index (χ0n) is 11.6. The second-order valence-corrected chi connectivity index (χ2v) is 5.58. The van der Waals surface area contributed by atoms with Crippen LogP contribution in [0.25, 0.3) is 0 Å². The molecule has 1 aliphatic heterocycles. The highest BCUT2D eigenvalue weighted by atomic mass is 19.1. The lowest BCUT2D eigenvalue weighted by Gasteiger charge is -2.39. The first-order valence-electron chi connectivity index (χ1n) is 7.04. The Kier molecular flexibility index (Phi) is 3.67. The Bertz CT molecular complexity index is 488. The van der Waals surface area contributed by atoms with E-state index in [1.54, 1.807) is 19.1 Å². The van der Waals surface area contributed by atoms with Crippen molar-refractivity contribution >= 4 is 0 Å². The van der Waals surface area contributed by atoms with Gasteiger partial charge in [-0.15, -0.1) is 0 Å². The molecule has 2 N–H and O–H groups in total. The van der Waals surface area contributed by atoms with Crippen LogP contribution in [-0.2, 0) is 9.47 Å². The highest BCUT2D eigenvalue weighted by molar-refractivity contribution is 5.28. The van der Waals surface area contributed by atoms with Crippen LogP contribution in [0.15, 0.2) is 18.2 Å². The quantitative estimate of drug-likeness (QED) is 0.902. The normalized spacial score (nSPS) is 28.8. The molecule has 0 bridgehead atoms. The summed E-state index contributed by atoms with van der Waals surface area (Å²) in [5.41, 5.74) is 6.72. The van der Waals surface area contributed by atoms with Gasteiger partial charge in [0.2, 0.25) is 0 Å². The van der Waals surface area contributed by atoms with Crippen LogP contribution >= 0.6 is 0 Å². The van der Waals surface area contributed by atoms with Gasteiger partial charge in [-0.1, -0.05) is 6.07 Å². The summed E-state index contributed by atoms with van der Waals surface area (Å²) in [5, 5.41) is 0. The lowest BCUT2D eigenvalue weighted by Crippen LogP contribution is -2.51. The van der Waals surface area contributed by atoms with Crippen molar-refractivity contribution in [2.45, 2.75) is 44.1 Å². The van der Waals surface area contributed by atoms with E-state index in [9.17, 15) is 4.39 Å². The van der Waals surface area contributed by atoms with Gasteiger partial charge in [0.25, 0.3) is 0 Å². The number of rotatable bonds is 2. The first-order valence-corrected chi connectivity index (χ1v) is 7.04. The molecule has 20 heavy (non-hydrogen) atoms. The molecule has 2 atom stereocenters. The second-order valence-electron chi connectivity index (χ2n) is 5.58. The second kappa shape index (κ2) is 5.31. The van der Waals surface area contributed by atoms with E-state index < -0.39 is 5.79 Å². The van der Waals surface area contributed by atoms with Crippen LogP contribution in [0, 0.1) is 12.7 Å². The van der Waals surface area contributed by atoms with Crippen molar-refractivity contribution in [2.75, 3.05) is 13.2 Å². The minimum absolute atomic E-state index is 0.0854. The van der Waals surface area contributed by atoms with E-state index >= 15 is 0 Å².